The van der Waals surface area contributed by atoms with Crippen LogP contribution in [0.3, 0.4) is 0 Å². The molecule has 1 aliphatic heterocycles. The van der Waals surface area contributed by atoms with E-state index in [1.165, 1.54) is 10.5 Å². The molecule has 0 bridgehead atoms. The first kappa shape index (κ1) is 15.0. The molecule has 5 heteroatoms. The summed E-state index contributed by atoms with van der Waals surface area (Å²) < 4.78 is 0. The van der Waals surface area contributed by atoms with Gasteiger partial charge in [-0.1, -0.05) is 24.3 Å². The second-order valence-corrected chi connectivity index (χ2v) is 6.17. The molecule has 1 amide bonds. The highest BCUT2D eigenvalue weighted by molar-refractivity contribution is 5.87. The number of benzene rings is 1. The molecule has 1 saturated heterocycles. The van der Waals surface area contributed by atoms with Gasteiger partial charge in [0.2, 0.25) is 0 Å². The van der Waals surface area contributed by atoms with E-state index in [0.29, 0.717) is 19.4 Å². The molecule has 0 radical (unpaired) electrons. The molecular weight excluding hydrogens is 282 g/mol. The standard InChI is InChI=1S/C17H21NO4/c19-15(16(20)18-10-4-9-14(18)17(21)22)13-8-3-6-11-5-1-2-7-12(11)13/h1-2,5,7,13-15,19H,3-4,6,8-10H2,(H,21,22)/t13?,14-,15?/m0/s1. The van der Waals surface area contributed by atoms with E-state index in [-0.39, 0.29) is 5.92 Å². The van der Waals surface area contributed by atoms with Crippen LogP contribution < -0.4 is 0 Å². The van der Waals surface area contributed by atoms with E-state index in [4.69, 9.17) is 0 Å². The number of amides is 1. The van der Waals surface area contributed by atoms with Crippen LogP contribution in [0.15, 0.2) is 24.3 Å². The predicted molar refractivity (Wildman–Crippen MR) is 80.5 cm³/mol. The van der Waals surface area contributed by atoms with Crippen molar-refractivity contribution in [3.05, 3.63) is 35.4 Å². The Bertz CT molecular complexity index is 586. The minimum absolute atomic E-state index is 0.229. The monoisotopic (exact) mass is 303 g/mol. The van der Waals surface area contributed by atoms with E-state index in [9.17, 15) is 19.8 Å². The Kier molecular flexibility index (Phi) is 4.16. The molecule has 1 aromatic rings. The SMILES string of the molecule is O=C(O)[C@@H]1CCCN1C(=O)C(O)C1CCCc2ccccc21. The fourth-order valence-corrected chi connectivity index (χ4v) is 3.75. The predicted octanol–water partition coefficient (Wildman–Crippen LogP) is 1.54. The Hall–Kier alpha value is -1.88. The fourth-order valence-electron chi connectivity index (χ4n) is 3.75. The number of fused-ring (bicyclic) bond motifs is 1. The first-order valence-corrected chi connectivity index (χ1v) is 7.88. The Labute approximate surface area is 129 Å². The maximum atomic E-state index is 12.6. The van der Waals surface area contributed by atoms with Gasteiger partial charge < -0.3 is 15.1 Å². The van der Waals surface area contributed by atoms with Gasteiger partial charge in [-0.05, 0) is 43.2 Å². The number of nitrogens with zero attached hydrogens (tertiary/aromatic N) is 1. The molecule has 1 aromatic carbocycles. The molecule has 3 atom stereocenters. The van der Waals surface area contributed by atoms with Crippen molar-refractivity contribution < 1.29 is 19.8 Å². The molecule has 2 unspecified atom stereocenters. The molecule has 2 N–H and O–H groups in total. The highest BCUT2D eigenvalue weighted by Gasteiger charge is 2.40. The minimum Gasteiger partial charge on any atom is -0.480 e. The third-order valence-electron chi connectivity index (χ3n) is 4.87. The molecular formula is C17H21NO4. The Morgan fingerprint density at radius 2 is 1.95 bits per heavy atom. The lowest BCUT2D eigenvalue weighted by atomic mass is 9.79. The summed E-state index contributed by atoms with van der Waals surface area (Å²) in [5.74, 6) is -1.65. The van der Waals surface area contributed by atoms with Gasteiger partial charge >= 0.3 is 5.97 Å². The van der Waals surface area contributed by atoms with Crippen LogP contribution in [0.4, 0.5) is 0 Å². The first-order chi connectivity index (χ1) is 10.6. The van der Waals surface area contributed by atoms with Gasteiger partial charge in [0.05, 0.1) is 0 Å². The van der Waals surface area contributed by atoms with E-state index >= 15 is 0 Å². The zero-order chi connectivity index (χ0) is 15.7. The molecule has 3 rings (SSSR count). The number of likely N-dealkylation sites (tertiary alicyclic amines) is 1. The summed E-state index contributed by atoms with van der Waals surface area (Å²) in [6.07, 6.45) is 2.66. The Morgan fingerprint density at radius 3 is 2.73 bits per heavy atom. The van der Waals surface area contributed by atoms with Crippen molar-refractivity contribution in [2.45, 2.75) is 50.2 Å². The lowest BCUT2D eigenvalue weighted by Gasteiger charge is -2.32. The van der Waals surface area contributed by atoms with Crippen molar-refractivity contribution in [1.29, 1.82) is 0 Å². The summed E-state index contributed by atoms with van der Waals surface area (Å²) in [6.45, 7) is 0.418. The van der Waals surface area contributed by atoms with Crippen molar-refractivity contribution in [2.75, 3.05) is 6.54 Å². The maximum Gasteiger partial charge on any atom is 0.326 e. The number of carboxylic acids is 1. The van der Waals surface area contributed by atoms with Crippen molar-refractivity contribution in [2.24, 2.45) is 0 Å². The molecule has 2 aliphatic rings. The maximum absolute atomic E-state index is 12.6. The van der Waals surface area contributed by atoms with Crippen molar-refractivity contribution in [1.82, 2.24) is 4.90 Å². The smallest absolute Gasteiger partial charge is 0.326 e. The average molecular weight is 303 g/mol. The number of hydrogen-bond donors (Lipinski definition) is 2. The number of aliphatic hydroxyl groups excluding tert-OH is 1. The molecule has 1 aliphatic carbocycles. The number of carbonyl (C=O) groups is 2. The van der Waals surface area contributed by atoms with Gasteiger partial charge in [0, 0.05) is 12.5 Å². The van der Waals surface area contributed by atoms with Gasteiger partial charge in [-0.15, -0.1) is 0 Å². The van der Waals surface area contributed by atoms with Crippen LogP contribution in [0, 0.1) is 0 Å². The van der Waals surface area contributed by atoms with Crippen LogP contribution in [-0.2, 0) is 16.0 Å². The van der Waals surface area contributed by atoms with Crippen LogP contribution >= 0.6 is 0 Å². The number of hydrogen-bond acceptors (Lipinski definition) is 3. The molecule has 0 aromatic heterocycles. The van der Waals surface area contributed by atoms with Crippen molar-refractivity contribution in [3.63, 3.8) is 0 Å². The highest BCUT2D eigenvalue weighted by Crippen LogP contribution is 2.35. The molecule has 118 valence electrons. The Morgan fingerprint density at radius 1 is 1.18 bits per heavy atom. The largest absolute Gasteiger partial charge is 0.480 e. The quantitative estimate of drug-likeness (QED) is 0.888. The third kappa shape index (κ3) is 2.61. The van der Waals surface area contributed by atoms with E-state index in [0.717, 1.165) is 24.8 Å². The van der Waals surface area contributed by atoms with Crippen molar-refractivity contribution in [3.8, 4) is 0 Å². The van der Waals surface area contributed by atoms with Gasteiger partial charge in [-0.3, -0.25) is 4.79 Å². The Balaban J connectivity index is 1.81. The third-order valence-corrected chi connectivity index (χ3v) is 4.87. The van der Waals surface area contributed by atoms with Gasteiger partial charge in [0.1, 0.15) is 12.1 Å². The summed E-state index contributed by atoms with van der Waals surface area (Å²) in [6, 6.07) is 7.10. The molecule has 0 saturated carbocycles. The second kappa shape index (κ2) is 6.08. The average Bonchev–Trinajstić information content (AvgIpc) is 3.02. The lowest BCUT2D eigenvalue weighted by Crippen LogP contribution is -2.47. The van der Waals surface area contributed by atoms with E-state index in [1.54, 1.807) is 0 Å². The number of carboxylic acid groups (broad SMARTS) is 1. The summed E-state index contributed by atoms with van der Waals surface area (Å²) >= 11 is 0. The molecule has 1 fully saturated rings. The minimum atomic E-state index is -1.15. The van der Waals surface area contributed by atoms with Gasteiger partial charge in [0.25, 0.3) is 5.91 Å². The first-order valence-electron chi connectivity index (χ1n) is 7.88. The summed E-state index contributed by atoms with van der Waals surface area (Å²) in [5.41, 5.74) is 2.21. The molecule has 0 spiro atoms. The number of carbonyl (C=O) groups excluding carboxylic acids is 1. The van der Waals surface area contributed by atoms with Crippen LogP contribution in [0.1, 0.15) is 42.7 Å². The molecule has 1 heterocycles. The molecule has 22 heavy (non-hydrogen) atoms. The van der Waals surface area contributed by atoms with E-state index < -0.39 is 24.0 Å². The normalized spacial score (nSPS) is 25.6. The number of aliphatic carboxylic acids is 1. The summed E-state index contributed by atoms with van der Waals surface area (Å²) in [5, 5.41) is 19.8. The number of rotatable bonds is 3. The number of aryl methyl sites for hydroxylation is 1. The van der Waals surface area contributed by atoms with Crippen LogP contribution in [-0.4, -0.2) is 45.7 Å². The van der Waals surface area contributed by atoms with Crippen LogP contribution in [0.5, 0.6) is 0 Å². The van der Waals surface area contributed by atoms with Gasteiger partial charge in [-0.2, -0.15) is 0 Å². The lowest BCUT2D eigenvalue weighted by molar-refractivity contribution is -0.152. The van der Waals surface area contributed by atoms with Crippen LogP contribution in [0.25, 0.3) is 0 Å². The second-order valence-electron chi connectivity index (χ2n) is 6.17. The topological polar surface area (TPSA) is 77.8 Å². The number of aliphatic hydroxyl groups is 1. The summed E-state index contributed by atoms with van der Waals surface area (Å²) in [4.78, 5) is 25.2. The van der Waals surface area contributed by atoms with E-state index in [2.05, 4.69) is 0 Å². The van der Waals surface area contributed by atoms with Gasteiger partial charge in [-0.25, -0.2) is 4.79 Å². The van der Waals surface area contributed by atoms with Gasteiger partial charge in [0.15, 0.2) is 0 Å². The molecule has 5 nitrogen and oxygen atoms in total. The highest BCUT2D eigenvalue weighted by atomic mass is 16.4. The van der Waals surface area contributed by atoms with E-state index in [1.807, 2.05) is 24.3 Å². The zero-order valence-electron chi connectivity index (χ0n) is 12.4. The summed E-state index contributed by atoms with van der Waals surface area (Å²) in [7, 11) is 0. The van der Waals surface area contributed by atoms with Crippen LogP contribution in [0.2, 0.25) is 0 Å². The fraction of sp³-hybridized carbons (Fsp3) is 0.529. The van der Waals surface area contributed by atoms with Crippen molar-refractivity contribution >= 4 is 11.9 Å². The zero-order valence-corrected chi connectivity index (χ0v) is 12.4.